The van der Waals surface area contributed by atoms with Crippen molar-refractivity contribution in [3.63, 3.8) is 0 Å². The van der Waals surface area contributed by atoms with E-state index < -0.39 is 26.7 Å². The lowest BCUT2D eigenvalue weighted by molar-refractivity contribution is -0.118. The minimum Gasteiger partial charge on any atom is -0.408 e. The molecule has 0 spiro atoms. The van der Waals surface area contributed by atoms with Gasteiger partial charge in [-0.25, -0.2) is 4.39 Å². The van der Waals surface area contributed by atoms with Crippen molar-refractivity contribution >= 4 is 14.6 Å². The number of halogens is 1. The molecule has 1 heterocycles. The molecule has 1 rings (SSSR count). The topological polar surface area (TPSA) is 35.5 Å². The van der Waals surface area contributed by atoms with Crippen LogP contribution < -0.4 is 0 Å². The molecule has 0 radical (unpaired) electrons. The van der Waals surface area contributed by atoms with Crippen LogP contribution in [0, 0.1) is 0 Å². The first-order valence-electron chi connectivity index (χ1n) is 5.58. The van der Waals surface area contributed by atoms with Crippen LogP contribution in [-0.4, -0.2) is 39.6 Å². The summed E-state index contributed by atoms with van der Waals surface area (Å²) in [5.74, 6) is 0. The average molecular weight is 248 g/mol. The quantitative estimate of drug-likeness (QED) is 0.568. The van der Waals surface area contributed by atoms with Gasteiger partial charge in [0.05, 0.1) is 6.61 Å². The van der Waals surface area contributed by atoms with E-state index >= 15 is 0 Å². The van der Waals surface area contributed by atoms with E-state index in [-0.39, 0.29) is 11.6 Å². The maximum Gasteiger partial charge on any atom is 0.192 e. The maximum absolute atomic E-state index is 13.6. The van der Waals surface area contributed by atoms with Gasteiger partial charge in [-0.2, -0.15) is 0 Å². The number of rotatable bonds is 3. The Morgan fingerprint density at radius 2 is 2.00 bits per heavy atom. The molecule has 0 aromatic heterocycles. The summed E-state index contributed by atoms with van der Waals surface area (Å²) in [4.78, 5) is 10.7. The number of ether oxygens (including phenoxy) is 1. The molecular weight excluding hydrogens is 227 g/mol. The molecule has 1 fully saturated rings. The fourth-order valence-corrected chi connectivity index (χ4v) is 2.69. The van der Waals surface area contributed by atoms with Crippen molar-refractivity contribution in [1.29, 1.82) is 0 Å². The number of alkyl halides is 1. The van der Waals surface area contributed by atoms with Crippen LogP contribution in [0.5, 0.6) is 0 Å². The molecule has 16 heavy (non-hydrogen) atoms. The average Bonchev–Trinajstić information content (AvgIpc) is 2.45. The molecule has 0 saturated carbocycles. The highest BCUT2D eigenvalue weighted by atomic mass is 28.4. The Hall–Kier alpha value is -0.263. The summed E-state index contributed by atoms with van der Waals surface area (Å²) < 4.78 is 24.5. The second kappa shape index (κ2) is 4.54. The molecule has 3 atom stereocenters. The van der Waals surface area contributed by atoms with Crippen molar-refractivity contribution < 1.29 is 18.3 Å². The lowest BCUT2D eigenvalue weighted by Gasteiger charge is -2.39. The molecule has 0 aliphatic carbocycles. The first kappa shape index (κ1) is 13.8. The SMILES string of the molecule is CC(C)(C)[Si](C)(C)OC1C(F)COC1C=O. The lowest BCUT2D eigenvalue weighted by Crippen LogP contribution is -2.48. The molecule has 0 amide bonds. The first-order valence-corrected chi connectivity index (χ1v) is 8.48. The summed E-state index contributed by atoms with van der Waals surface area (Å²) in [7, 11) is -2.05. The Kier molecular flexibility index (Phi) is 3.92. The highest BCUT2D eigenvalue weighted by Crippen LogP contribution is 2.39. The van der Waals surface area contributed by atoms with Gasteiger partial charge in [-0.1, -0.05) is 20.8 Å². The highest BCUT2D eigenvalue weighted by Gasteiger charge is 2.46. The van der Waals surface area contributed by atoms with Gasteiger partial charge in [-0.05, 0) is 18.1 Å². The minimum atomic E-state index is -2.05. The van der Waals surface area contributed by atoms with Crippen molar-refractivity contribution in [2.45, 2.75) is 57.3 Å². The van der Waals surface area contributed by atoms with Gasteiger partial charge in [0.2, 0.25) is 0 Å². The summed E-state index contributed by atoms with van der Waals surface area (Å²) in [6.45, 7) is 10.3. The molecule has 0 aromatic carbocycles. The molecule has 5 heteroatoms. The van der Waals surface area contributed by atoms with E-state index in [4.69, 9.17) is 9.16 Å². The van der Waals surface area contributed by atoms with Crippen LogP contribution in [0.2, 0.25) is 18.1 Å². The van der Waals surface area contributed by atoms with Crippen molar-refractivity contribution in [1.82, 2.24) is 0 Å². The second-order valence-electron chi connectivity index (χ2n) is 5.79. The van der Waals surface area contributed by atoms with Crippen molar-refractivity contribution in [3.8, 4) is 0 Å². The number of aldehydes is 1. The predicted molar refractivity (Wildman–Crippen MR) is 62.8 cm³/mol. The fourth-order valence-electron chi connectivity index (χ4n) is 1.37. The smallest absolute Gasteiger partial charge is 0.192 e. The summed E-state index contributed by atoms with van der Waals surface area (Å²) in [6.07, 6.45) is -2.02. The van der Waals surface area contributed by atoms with Gasteiger partial charge in [0.1, 0.15) is 12.2 Å². The van der Waals surface area contributed by atoms with Crippen LogP contribution in [0.15, 0.2) is 0 Å². The fraction of sp³-hybridized carbons (Fsp3) is 0.909. The van der Waals surface area contributed by atoms with Gasteiger partial charge in [0, 0.05) is 0 Å². The molecule has 3 unspecified atom stereocenters. The molecule has 1 aliphatic heterocycles. The third-order valence-electron chi connectivity index (χ3n) is 3.50. The minimum absolute atomic E-state index is 0.00272. The summed E-state index contributed by atoms with van der Waals surface area (Å²) >= 11 is 0. The molecule has 0 aromatic rings. The Bertz CT molecular complexity index is 262. The highest BCUT2D eigenvalue weighted by molar-refractivity contribution is 6.74. The standard InChI is InChI=1S/C11H21FO3Si/c1-11(2,3)16(4,5)15-10-8(12)7-14-9(10)6-13/h6,8-10H,7H2,1-5H3. The van der Waals surface area contributed by atoms with Crippen LogP contribution in [0.25, 0.3) is 0 Å². The third kappa shape index (κ3) is 2.70. The van der Waals surface area contributed by atoms with Gasteiger partial charge in [-0.3, -0.25) is 0 Å². The van der Waals surface area contributed by atoms with E-state index in [9.17, 15) is 9.18 Å². The van der Waals surface area contributed by atoms with Gasteiger partial charge in [0.15, 0.2) is 20.8 Å². The third-order valence-corrected chi connectivity index (χ3v) is 7.97. The van der Waals surface area contributed by atoms with E-state index in [0.29, 0.717) is 6.29 Å². The monoisotopic (exact) mass is 248 g/mol. The molecule has 3 nitrogen and oxygen atoms in total. The summed E-state index contributed by atoms with van der Waals surface area (Å²) in [5, 5.41) is 0.00272. The molecule has 1 aliphatic rings. The zero-order valence-corrected chi connectivity index (χ0v) is 11.6. The molecular formula is C11H21FO3Si. The largest absolute Gasteiger partial charge is 0.408 e. The van der Waals surface area contributed by atoms with E-state index in [2.05, 4.69) is 20.8 Å². The van der Waals surface area contributed by atoms with Gasteiger partial charge < -0.3 is 14.0 Å². The van der Waals surface area contributed by atoms with Crippen molar-refractivity contribution in [2.75, 3.05) is 6.61 Å². The zero-order chi connectivity index (χ0) is 12.6. The van der Waals surface area contributed by atoms with Crippen molar-refractivity contribution in [2.24, 2.45) is 0 Å². The maximum atomic E-state index is 13.6. The van der Waals surface area contributed by atoms with Crippen LogP contribution in [0.4, 0.5) is 4.39 Å². The molecule has 0 bridgehead atoms. The summed E-state index contributed by atoms with van der Waals surface area (Å²) in [5.41, 5.74) is 0. The Morgan fingerprint density at radius 3 is 2.44 bits per heavy atom. The van der Waals surface area contributed by atoms with Crippen LogP contribution in [0.1, 0.15) is 20.8 Å². The van der Waals surface area contributed by atoms with E-state index in [1.807, 2.05) is 13.1 Å². The lowest BCUT2D eigenvalue weighted by atomic mass is 10.2. The number of hydrogen-bond acceptors (Lipinski definition) is 3. The molecule has 94 valence electrons. The molecule has 1 saturated heterocycles. The predicted octanol–water partition coefficient (Wildman–Crippen LogP) is 2.31. The van der Waals surface area contributed by atoms with Crippen LogP contribution in [0.3, 0.4) is 0 Å². The normalized spacial score (nSPS) is 31.8. The van der Waals surface area contributed by atoms with Crippen LogP contribution in [-0.2, 0) is 14.0 Å². The van der Waals surface area contributed by atoms with Gasteiger partial charge in [0.25, 0.3) is 0 Å². The second-order valence-corrected chi connectivity index (χ2v) is 10.5. The van der Waals surface area contributed by atoms with Crippen LogP contribution >= 0.6 is 0 Å². The number of carbonyl (C=O) groups excluding carboxylic acids is 1. The summed E-state index contributed by atoms with van der Waals surface area (Å²) in [6, 6.07) is 0. The number of carbonyl (C=O) groups is 1. The van der Waals surface area contributed by atoms with Crippen molar-refractivity contribution in [3.05, 3.63) is 0 Å². The number of hydrogen-bond donors (Lipinski definition) is 0. The first-order chi connectivity index (χ1) is 7.19. The Labute approximate surface area is 97.4 Å². The molecule has 0 N–H and O–H groups in total. The Morgan fingerprint density at radius 1 is 1.44 bits per heavy atom. The van der Waals surface area contributed by atoms with E-state index in [1.54, 1.807) is 0 Å². The van der Waals surface area contributed by atoms with Gasteiger partial charge >= 0.3 is 0 Å². The van der Waals surface area contributed by atoms with E-state index in [0.717, 1.165) is 0 Å². The Balaban J connectivity index is 2.75. The van der Waals surface area contributed by atoms with Gasteiger partial charge in [-0.15, -0.1) is 0 Å². The zero-order valence-electron chi connectivity index (χ0n) is 10.6. The van der Waals surface area contributed by atoms with E-state index in [1.165, 1.54) is 0 Å².